The molecule has 2 nitrogen and oxygen atoms in total. The van der Waals surface area contributed by atoms with E-state index in [1.54, 1.807) is 0 Å². The van der Waals surface area contributed by atoms with Crippen LogP contribution in [0.5, 0.6) is 11.5 Å². The van der Waals surface area contributed by atoms with E-state index in [0.29, 0.717) is 17.5 Å². The van der Waals surface area contributed by atoms with E-state index >= 15 is 0 Å². The van der Waals surface area contributed by atoms with Crippen LogP contribution in [-0.2, 0) is 6.42 Å². The van der Waals surface area contributed by atoms with Crippen LogP contribution in [0.1, 0.15) is 36.5 Å². The zero-order valence-corrected chi connectivity index (χ0v) is 13.6. The van der Waals surface area contributed by atoms with Gasteiger partial charge < -0.3 is 10.5 Å². The molecule has 2 aromatic carbocycles. The summed E-state index contributed by atoms with van der Waals surface area (Å²) < 4.78 is 6.12. The summed E-state index contributed by atoms with van der Waals surface area (Å²) in [7, 11) is 0. The average Bonchev–Trinajstić information content (AvgIpc) is 2.44. The lowest BCUT2D eigenvalue weighted by Crippen LogP contribution is -2.04. The molecule has 0 aliphatic heterocycles. The Balaban J connectivity index is 2.37. The number of hydrogen-bond acceptors (Lipinski definition) is 2. The molecule has 0 amide bonds. The summed E-state index contributed by atoms with van der Waals surface area (Å²) >= 11 is 6.09. The minimum atomic E-state index is 0.468. The molecule has 2 aromatic rings. The molecule has 0 aliphatic rings. The largest absolute Gasteiger partial charge is 0.457 e. The molecule has 112 valence electrons. The second kappa shape index (κ2) is 6.97. The fraction of sp³-hybridized carbons (Fsp3) is 0.333. The van der Waals surface area contributed by atoms with Gasteiger partial charge in [-0.2, -0.15) is 0 Å². The molecule has 0 radical (unpaired) electrons. The molecule has 3 heteroatoms. The highest BCUT2D eigenvalue weighted by atomic mass is 35.5. The van der Waals surface area contributed by atoms with Gasteiger partial charge >= 0.3 is 0 Å². The molecule has 21 heavy (non-hydrogen) atoms. The molecule has 0 fully saturated rings. The molecule has 0 aromatic heterocycles. The maximum Gasteiger partial charge on any atom is 0.132 e. The van der Waals surface area contributed by atoms with Crippen LogP contribution < -0.4 is 10.5 Å². The van der Waals surface area contributed by atoms with Gasteiger partial charge in [-0.05, 0) is 60.7 Å². The van der Waals surface area contributed by atoms with E-state index in [4.69, 9.17) is 22.1 Å². The zero-order valence-electron chi connectivity index (χ0n) is 12.8. The quantitative estimate of drug-likeness (QED) is 0.837. The molecular formula is C18H22ClNO. The van der Waals surface area contributed by atoms with Crippen molar-refractivity contribution in [3.63, 3.8) is 0 Å². The lowest BCUT2D eigenvalue weighted by atomic mass is 10.0. The Hall–Kier alpha value is -1.51. The first kappa shape index (κ1) is 15.9. The molecular weight excluding hydrogens is 282 g/mol. The zero-order chi connectivity index (χ0) is 15.4. The lowest BCUT2D eigenvalue weighted by molar-refractivity contribution is 0.471. The van der Waals surface area contributed by atoms with Gasteiger partial charge in [0.25, 0.3) is 0 Å². The summed E-state index contributed by atoms with van der Waals surface area (Å²) in [5.74, 6) is 2.13. The molecule has 0 atom stereocenters. The predicted octanol–water partition coefficient (Wildman–Crippen LogP) is 5.07. The van der Waals surface area contributed by atoms with Crippen LogP contribution in [0.15, 0.2) is 36.4 Å². The molecule has 0 bridgehead atoms. The molecule has 0 saturated heterocycles. The summed E-state index contributed by atoms with van der Waals surface area (Å²) in [5, 5.41) is 0.670. The van der Waals surface area contributed by atoms with Crippen molar-refractivity contribution in [3.8, 4) is 11.5 Å². The lowest BCUT2D eigenvalue weighted by Gasteiger charge is -2.15. The summed E-state index contributed by atoms with van der Waals surface area (Å²) in [6, 6.07) is 12.0. The highest BCUT2D eigenvalue weighted by Crippen LogP contribution is 2.32. The number of hydrogen-bond donors (Lipinski definition) is 1. The SMILES string of the molecule is Cc1ccc(C(C)C)cc1Oc1cc(Cl)ccc1CCN. The van der Waals surface area contributed by atoms with Crippen LogP contribution >= 0.6 is 11.6 Å². The summed E-state index contributed by atoms with van der Waals surface area (Å²) in [6.45, 7) is 6.98. The Morgan fingerprint density at radius 3 is 2.52 bits per heavy atom. The van der Waals surface area contributed by atoms with Crippen molar-refractivity contribution in [3.05, 3.63) is 58.1 Å². The van der Waals surface area contributed by atoms with E-state index in [0.717, 1.165) is 29.0 Å². The van der Waals surface area contributed by atoms with Gasteiger partial charge in [-0.3, -0.25) is 0 Å². The van der Waals surface area contributed by atoms with Gasteiger partial charge in [-0.1, -0.05) is 43.6 Å². The van der Waals surface area contributed by atoms with Crippen LogP contribution in [0.2, 0.25) is 5.02 Å². The van der Waals surface area contributed by atoms with E-state index in [-0.39, 0.29) is 0 Å². The standard InChI is InChI=1S/C18H22ClNO/c1-12(2)15-5-4-13(3)17(10-15)21-18-11-16(19)7-6-14(18)8-9-20/h4-7,10-12H,8-9,20H2,1-3H3. The minimum Gasteiger partial charge on any atom is -0.457 e. The third-order valence-corrected chi connectivity index (χ3v) is 3.78. The van der Waals surface area contributed by atoms with Crippen molar-refractivity contribution in [2.45, 2.75) is 33.1 Å². The summed E-state index contributed by atoms with van der Waals surface area (Å²) in [6.07, 6.45) is 0.773. The van der Waals surface area contributed by atoms with Gasteiger partial charge in [-0.15, -0.1) is 0 Å². The Bertz CT molecular complexity index is 623. The maximum atomic E-state index is 6.12. The summed E-state index contributed by atoms with van der Waals surface area (Å²) in [5.41, 5.74) is 9.12. The van der Waals surface area contributed by atoms with E-state index in [9.17, 15) is 0 Å². The minimum absolute atomic E-state index is 0.468. The van der Waals surface area contributed by atoms with Gasteiger partial charge in [0.1, 0.15) is 11.5 Å². The fourth-order valence-corrected chi connectivity index (χ4v) is 2.35. The van der Waals surface area contributed by atoms with Crippen molar-refractivity contribution in [2.24, 2.45) is 5.73 Å². The van der Waals surface area contributed by atoms with Crippen LogP contribution in [0, 0.1) is 6.92 Å². The Kier molecular flexibility index (Phi) is 5.27. The number of rotatable bonds is 5. The number of nitrogens with two attached hydrogens (primary N) is 1. The number of halogens is 1. The number of ether oxygens (including phenoxy) is 1. The predicted molar refractivity (Wildman–Crippen MR) is 89.6 cm³/mol. The average molecular weight is 304 g/mol. The van der Waals surface area contributed by atoms with Gasteiger partial charge in [0.05, 0.1) is 0 Å². The van der Waals surface area contributed by atoms with Crippen LogP contribution in [-0.4, -0.2) is 6.54 Å². The highest BCUT2D eigenvalue weighted by molar-refractivity contribution is 6.30. The third-order valence-electron chi connectivity index (χ3n) is 3.54. The van der Waals surface area contributed by atoms with Crippen molar-refractivity contribution in [1.29, 1.82) is 0 Å². The van der Waals surface area contributed by atoms with E-state index < -0.39 is 0 Å². The second-order valence-electron chi connectivity index (χ2n) is 5.57. The topological polar surface area (TPSA) is 35.2 Å². The van der Waals surface area contributed by atoms with Crippen molar-refractivity contribution >= 4 is 11.6 Å². The Morgan fingerprint density at radius 1 is 1.10 bits per heavy atom. The van der Waals surface area contributed by atoms with Gasteiger partial charge in [0, 0.05) is 5.02 Å². The first-order valence-electron chi connectivity index (χ1n) is 7.28. The van der Waals surface area contributed by atoms with Gasteiger partial charge in [-0.25, -0.2) is 0 Å². The Labute approximate surface area is 131 Å². The van der Waals surface area contributed by atoms with Crippen LogP contribution in [0.4, 0.5) is 0 Å². The smallest absolute Gasteiger partial charge is 0.132 e. The summed E-state index contributed by atoms with van der Waals surface area (Å²) in [4.78, 5) is 0. The second-order valence-corrected chi connectivity index (χ2v) is 6.01. The molecule has 2 rings (SSSR count). The third kappa shape index (κ3) is 3.99. The first-order chi connectivity index (χ1) is 10.0. The first-order valence-corrected chi connectivity index (χ1v) is 7.66. The van der Waals surface area contributed by atoms with E-state index in [2.05, 4.69) is 32.0 Å². The van der Waals surface area contributed by atoms with Gasteiger partial charge in [0.2, 0.25) is 0 Å². The van der Waals surface area contributed by atoms with Crippen molar-refractivity contribution in [2.75, 3.05) is 6.54 Å². The molecule has 0 saturated carbocycles. The van der Waals surface area contributed by atoms with E-state index in [1.807, 2.05) is 25.1 Å². The molecule has 2 N–H and O–H groups in total. The number of benzene rings is 2. The fourth-order valence-electron chi connectivity index (χ4n) is 2.19. The normalized spacial score (nSPS) is 11.0. The van der Waals surface area contributed by atoms with Crippen LogP contribution in [0.3, 0.4) is 0 Å². The monoisotopic (exact) mass is 303 g/mol. The van der Waals surface area contributed by atoms with Crippen molar-refractivity contribution < 1.29 is 4.74 Å². The number of aryl methyl sites for hydroxylation is 1. The van der Waals surface area contributed by atoms with Crippen LogP contribution in [0.25, 0.3) is 0 Å². The van der Waals surface area contributed by atoms with E-state index in [1.165, 1.54) is 5.56 Å². The molecule has 0 aliphatic carbocycles. The maximum absolute atomic E-state index is 6.12. The Morgan fingerprint density at radius 2 is 1.86 bits per heavy atom. The van der Waals surface area contributed by atoms with Crippen molar-refractivity contribution in [1.82, 2.24) is 0 Å². The molecule has 0 unspecified atom stereocenters. The van der Waals surface area contributed by atoms with Gasteiger partial charge in [0.15, 0.2) is 0 Å². The molecule has 0 heterocycles. The molecule has 0 spiro atoms. The highest BCUT2D eigenvalue weighted by Gasteiger charge is 2.09.